The molecule has 0 unspecified atom stereocenters. The van der Waals surface area contributed by atoms with E-state index >= 15 is 0 Å². The molecule has 25 heavy (non-hydrogen) atoms. The van der Waals surface area contributed by atoms with Gasteiger partial charge in [-0.3, -0.25) is 9.78 Å². The highest BCUT2D eigenvalue weighted by Crippen LogP contribution is 2.19. The van der Waals surface area contributed by atoms with Gasteiger partial charge in [0.15, 0.2) is 5.82 Å². The number of carbonyl (C=O) groups is 1. The van der Waals surface area contributed by atoms with Gasteiger partial charge in [0.2, 0.25) is 0 Å². The van der Waals surface area contributed by atoms with Crippen LogP contribution < -0.4 is 15.4 Å². The molecule has 0 bridgehead atoms. The first kappa shape index (κ1) is 16.5. The molecular weight excluding hydrogens is 320 g/mol. The number of nitrogens with one attached hydrogen (secondary N) is 2. The van der Waals surface area contributed by atoms with Gasteiger partial charge in [0.25, 0.3) is 5.91 Å². The lowest BCUT2D eigenvalue weighted by Crippen LogP contribution is -2.12. The zero-order valence-corrected chi connectivity index (χ0v) is 13.9. The highest BCUT2D eigenvalue weighted by molar-refractivity contribution is 6.04. The Kier molecular flexibility index (Phi) is 4.94. The Morgan fingerprint density at radius 1 is 1.16 bits per heavy atom. The number of hydrogen-bond donors (Lipinski definition) is 2. The minimum atomic E-state index is -0.253. The van der Waals surface area contributed by atoms with Crippen molar-refractivity contribution in [1.82, 2.24) is 10.1 Å². The van der Waals surface area contributed by atoms with E-state index in [0.717, 1.165) is 5.75 Å². The fraction of sp³-hybridized carbons (Fsp3) is 0.167. The van der Waals surface area contributed by atoms with Crippen molar-refractivity contribution in [2.75, 3.05) is 17.2 Å². The van der Waals surface area contributed by atoms with Gasteiger partial charge in [-0.05, 0) is 44.2 Å². The number of amides is 1. The fourth-order valence-corrected chi connectivity index (χ4v) is 2.21. The first-order valence-electron chi connectivity index (χ1n) is 7.83. The number of aromatic nitrogens is 2. The zero-order valence-electron chi connectivity index (χ0n) is 13.9. The van der Waals surface area contributed by atoms with Crippen molar-refractivity contribution in [2.24, 2.45) is 0 Å². The molecule has 0 fully saturated rings. The minimum Gasteiger partial charge on any atom is -0.494 e. The molecule has 0 aliphatic heterocycles. The van der Waals surface area contributed by atoms with Crippen molar-refractivity contribution in [1.29, 1.82) is 0 Å². The van der Waals surface area contributed by atoms with Crippen molar-refractivity contribution in [2.45, 2.75) is 13.8 Å². The van der Waals surface area contributed by atoms with Crippen LogP contribution in [0.4, 0.5) is 17.2 Å². The predicted molar refractivity (Wildman–Crippen MR) is 94.3 cm³/mol. The number of pyridine rings is 1. The van der Waals surface area contributed by atoms with Crippen LogP contribution in [0.15, 0.2) is 53.3 Å². The second-order valence-electron chi connectivity index (χ2n) is 5.32. The Labute approximate surface area is 145 Å². The van der Waals surface area contributed by atoms with Crippen LogP contribution in [0.5, 0.6) is 5.75 Å². The summed E-state index contributed by atoms with van der Waals surface area (Å²) in [6, 6.07) is 10.6. The number of carbonyl (C=O) groups excluding carboxylic acids is 1. The molecule has 7 heteroatoms. The molecule has 0 saturated heterocycles. The normalized spacial score (nSPS) is 10.3. The van der Waals surface area contributed by atoms with Crippen molar-refractivity contribution < 1.29 is 14.1 Å². The van der Waals surface area contributed by atoms with Gasteiger partial charge in [-0.15, -0.1) is 0 Å². The van der Waals surface area contributed by atoms with Crippen molar-refractivity contribution >= 4 is 23.1 Å². The number of hydrogen-bond acceptors (Lipinski definition) is 6. The van der Waals surface area contributed by atoms with E-state index in [-0.39, 0.29) is 5.91 Å². The lowest BCUT2D eigenvalue weighted by molar-refractivity contribution is 0.102. The molecule has 2 heterocycles. The largest absolute Gasteiger partial charge is 0.494 e. The third-order valence-corrected chi connectivity index (χ3v) is 3.32. The van der Waals surface area contributed by atoms with Gasteiger partial charge in [0.1, 0.15) is 11.5 Å². The van der Waals surface area contributed by atoms with E-state index in [0.29, 0.717) is 35.1 Å². The zero-order chi connectivity index (χ0) is 17.6. The topological polar surface area (TPSA) is 89.3 Å². The Balaban J connectivity index is 1.68. The fourth-order valence-electron chi connectivity index (χ4n) is 2.21. The number of nitrogens with zero attached hydrogens (tertiary/aromatic N) is 2. The maximum atomic E-state index is 12.4. The van der Waals surface area contributed by atoms with Crippen LogP contribution in [0.3, 0.4) is 0 Å². The third-order valence-electron chi connectivity index (χ3n) is 3.32. The highest BCUT2D eigenvalue weighted by atomic mass is 16.5. The van der Waals surface area contributed by atoms with E-state index in [4.69, 9.17) is 9.26 Å². The van der Waals surface area contributed by atoms with E-state index in [2.05, 4.69) is 20.8 Å². The molecule has 0 spiro atoms. The SMILES string of the molecule is CCOc1ccc(NC(=O)c2cncc(Nc3cc(C)on3)c2)cc1. The Morgan fingerprint density at radius 3 is 2.64 bits per heavy atom. The monoisotopic (exact) mass is 338 g/mol. The lowest BCUT2D eigenvalue weighted by atomic mass is 10.2. The van der Waals surface area contributed by atoms with Gasteiger partial charge < -0.3 is 19.9 Å². The van der Waals surface area contributed by atoms with Gasteiger partial charge in [-0.25, -0.2) is 0 Å². The molecular formula is C18H18N4O3. The summed E-state index contributed by atoms with van der Waals surface area (Å²) in [6.07, 6.45) is 3.11. The quantitative estimate of drug-likeness (QED) is 0.711. The second-order valence-corrected chi connectivity index (χ2v) is 5.32. The molecule has 2 aromatic heterocycles. The van der Waals surface area contributed by atoms with Gasteiger partial charge in [-0.2, -0.15) is 0 Å². The number of anilines is 3. The molecule has 0 aliphatic rings. The molecule has 0 radical (unpaired) electrons. The molecule has 0 aliphatic carbocycles. The summed E-state index contributed by atoms with van der Waals surface area (Å²) in [5.74, 6) is 1.76. The average molecular weight is 338 g/mol. The number of benzene rings is 1. The standard InChI is InChI=1S/C18H18N4O3/c1-3-24-16-6-4-14(5-7-16)21-18(23)13-9-15(11-19-10-13)20-17-8-12(2)25-22-17/h4-11H,3H2,1-2H3,(H,20,22)(H,21,23). The van der Waals surface area contributed by atoms with E-state index in [1.165, 1.54) is 6.20 Å². The van der Waals surface area contributed by atoms with Crippen molar-refractivity contribution in [3.63, 3.8) is 0 Å². The van der Waals surface area contributed by atoms with Crippen molar-refractivity contribution in [3.05, 3.63) is 60.1 Å². The molecule has 0 saturated carbocycles. The number of aryl methyl sites for hydroxylation is 1. The maximum absolute atomic E-state index is 12.4. The molecule has 128 valence electrons. The van der Waals surface area contributed by atoms with Crippen molar-refractivity contribution in [3.8, 4) is 5.75 Å². The molecule has 1 aromatic carbocycles. The second kappa shape index (κ2) is 7.48. The Hall–Kier alpha value is -3.35. The van der Waals surface area contributed by atoms with Crippen LogP contribution in [0, 0.1) is 6.92 Å². The molecule has 7 nitrogen and oxygen atoms in total. The van der Waals surface area contributed by atoms with Gasteiger partial charge in [0, 0.05) is 18.0 Å². The Bertz CT molecular complexity index is 859. The summed E-state index contributed by atoms with van der Waals surface area (Å²) >= 11 is 0. The van der Waals surface area contributed by atoms with Crippen LogP contribution in [-0.4, -0.2) is 22.7 Å². The lowest BCUT2D eigenvalue weighted by Gasteiger charge is -2.08. The van der Waals surface area contributed by atoms with E-state index in [1.54, 1.807) is 37.4 Å². The number of ether oxygens (including phenoxy) is 1. The average Bonchev–Trinajstić information content (AvgIpc) is 3.02. The molecule has 3 rings (SSSR count). The predicted octanol–water partition coefficient (Wildman–Crippen LogP) is 3.77. The first-order chi connectivity index (χ1) is 12.1. The van der Waals surface area contributed by atoms with Crippen LogP contribution in [0.25, 0.3) is 0 Å². The first-order valence-corrected chi connectivity index (χ1v) is 7.83. The Morgan fingerprint density at radius 2 is 1.96 bits per heavy atom. The summed E-state index contributed by atoms with van der Waals surface area (Å²) in [4.78, 5) is 16.5. The van der Waals surface area contributed by atoms with E-state index in [9.17, 15) is 4.79 Å². The summed E-state index contributed by atoms with van der Waals surface area (Å²) in [5, 5.41) is 9.72. The van der Waals surface area contributed by atoms with E-state index < -0.39 is 0 Å². The third kappa shape index (κ3) is 4.35. The maximum Gasteiger partial charge on any atom is 0.257 e. The molecule has 1 amide bonds. The van der Waals surface area contributed by atoms with Crippen LogP contribution in [-0.2, 0) is 0 Å². The smallest absolute Gasteiger partial charge is 0.257 e. The summed E-state index contributed by atoms with van der Waals surface area (Å²) in [7, 11) is 0. The molecule has 0 atom stereocenters. The van der Waals surface area contributed by atoms with E-state index in [1.807, 2.05) is 19.1 Å². The van der Waals surface area contributed by atoms with Crippen LogP contribution >= 0.6 is 0 Å². The van der Waals surface area contributed by atoms with Gasteiger partial charge >= 0.3 is 0 Å². The summed E-state index contributed by atoms with van der Waals surface area (Å²) in [6.45, 7) is 4.32. The van der Waals surface area contributed by atoms with Crippen LogP contribution in [0.2, 0.25) is 0 Å². The number of rotatable bonds is 6. The van der Waals surface area contributed by atoms with Gasteiger partial charge in [0.05, 0.1) is 24.1 Å². The molecule has 3 aromatic rings. The summed E-state index contributed by atoms with van der Waals surface area (Å²) in [5.41, 5.74) is 1.76. The van der Waals surface area contributed by atoms with Gasteiger partial charge in [-0.1, -0.05) is 5.16 Å². The molecule has 2 N–H and O–H groups in total. The highest BCUT2D eigenvalue weighted by Gasteiger charge is 2.09. The summed E-state index contributed by atoms with van der Waals surface area (Å²) < 4.78 is 10.4. The minimum absolute atomic E-state index is 0.253. The van der Waals surface area contributed by atoms with Crippen LogP contribution in [0.1, 0.15) is 23.0 Å².